The van der Waals surface area contributed by atoms with Crippen LogP contribution in [-0.4, -0.2) is 6.21 Å². The summed E-state index contributed by atoms with van der Waals surface area (Å²) in [4.78, 5) is 5.30. The summed E-state index contributed by atoms with van der Waals surface area (Å²) in [5.74, 6) is 0. The van der Waals surface area contributed by atoms with Crippen molar-refractivity contribution < 1.29 is 18.0 Å². The molecule has 0 unspecified atom stereocenters. The molecule has 0 aromatic heterocycles. The molecule has 3 aromatic rings. The van der Waals surface area contributed by atoms with Crippen molar-refractivity contribution in [1.82, 2.24) is 0 Å². The molecule has 0 fully saturated rings. The first kappa shape index (κ1) is 17.7. The van der Waals surface area contributed by atoms with E-state index in [9.17, 15) is 13.2 Å². The number of nitrogens with zero attached hydrogens (tertiary/aromatic N) is 1. The standard InChI is InChI=1S/C21H16F3NO/c22-21(23,24)19-11-6-7-16(13-19)14-25-26-15-18-10-4-5-12-20(18)17-8-2-1-3-9-17/h1-14H,15H2. The van der Waals surface area contributed by atoms with E-state index in [1.807, 2.05) is 54.6 Å². The number of benzene rings is 3. The van der Waals surface area contributed by atoms with Gasteiger partial charge in [0.05, 0.1) is 11.8 Å². The lowest BCUT2D eigenvalue weighted by atomic mass is 10.0. The number of oxime groups is 1. The first-order chi connectivity index (χ1) is 12.5. The highest BCUT2D eigenvalue weighted by atomic mass is 19.4. The van der Waals surface area contributed by atoms with Crippen molar-refractivity contribution in [3.8, 4) is 11.1 Å². The second-order valence-electron chi connectivity index (χ2n) is 5.65. The maximum Gasteiger partial charge on any atom is 0.416 e. The van der Waals surface area contributed by atoms with Crippen LogP contribution in [-0.2, 0) is 17.6 Å². The van der Waals surface area contributed by atoms with Gasteiger partial charge in [-0.05, 0) is 34.4 Å². The zero-order chi connectivity index (χ0) is 18.4. The molecule has 3 rings (SSSR count). The molecular weight excluding hydrogens is 339 g/mol. The number of alkyl halides is 3. The molecule has 0 saturated carbocycles. The maximum atomic E-state index is 12.7. The SMILES string of the molecule is FC(F)(F)c1cccc(C=NOCc2ccccc2-c2ccccc2)c1. The second-order valence-corrected chi connectivity index (χ2v) is 5.65. The van der Waals surface area contributed by atoms with Gasteiger partial charge in [-0.2, -0.15) is 13.2 Å². The molecule has 0 spiro atoms. The molecule has 132 valence electrons. The minimum Gasteiger partial charge on any atom is -0.391 e. The molecule has 0 amide bonds. The molecule has 0 radical (unpaired) electrons. The van der Waals surface area contributed by atoms with Crippen LogP contribution in [0.4, 0.5) is 13.2 Å². The van der Waals surface area contributed by atoms with E-state index in [0.29, 0.717) is 5.56 Å². The van der Waals surface area contributed by atoms with Crippen molar-refractivity contribution in [2.24, 2.45) is 5.16 Å². The highest BCUT2D eigenvalue weighted by Crippen LogP contribution is 2.29. The number of rotatable bonds is 5. The summed E-state index contributed by atoms with van der Waals surface area (Å²) in [5, 5.41) is 3.80. The Labute approximate surface area is 149 Å². The van der Waals surface area contributed by atoms with Gasteiger partial charge in [0, 0.05) is 0 Å². The van der Waals surface area contributed by atoms with E-state index >= 15 is 0 Å². The minimum absolute atomic E-state index is 0.223. The van der Waals surface area contributed by atoms with Crippen molar-refractivity contribution in [1.29, 1.82) is 0 Å². The Morgan fingerprint density at radius 2 is 1.58 bits per heavy atom. The highest BCUT2D eigenvalue weighted by Gasteiger charge is 2.30. The summed E-state index contributed by atoms with van der Waals surface area (Å²) in [5.41, 5.74) is 2.66. The summed E-state index contributed by atoms with van der Waals surface area (Å²) in [6.45, 7) is 0.223. The average molecular weight is 355 g/mol. The lowest BCUT2D eigenvalue weighted by Gasteiger charge is -2.08. The van der Waals surface area contributed by atoms with Gasteiger partial charge in [-0.3, -0.25) is 0 Å². The van der Waals surface area contributed by atoms with Gasteiger partial charge in [-0.1, -0.05) is 71.9 Å². The number of halogens is 3. The highest BCUT2D eigenvalue weighted by molar-refractivity contribution is 5.79. The Balaban J connectivity index is 1.69. The molecule has 0 atom stereocenters. The molecule has 0 aliphatic rings. The quantitative estimate of drug-likeness (QED) is 0.411. The van der Waals surface area contributed by atoms with Gasteiger partial charge >= 0.3 is 6.18 Å². The monoisotopic (exact) mass is 355 g/mol. The van der Waals surface area contributed by atoms with Crippen LogP contribution >= 0.6 is 0 Å². The number of hydrogen-bond donors (Lipinski definition) is 0. The van der Waals surface area contributed by atoms with Gasteiger partial charge < -0.3 is 4.84 Å². The Bertz CT molecular complexity index is 889. The first-order valence-electron chi connectivity index (χ1n) is 8.00. The molecule has 0 aliphatic heterocycles. The van der Waals surface area contributed by atoms with Gasteiger partial charge in [0.25, 0.3) is 0 Å². The van der Waals surface area contributed by atoms with Crippen LogP contribution in [0.15, 0.2) is 84.0 Å². The van der Waals surface area contributed by atoms with E-state index in [4.69, 9.17) is 4.84 Å². The summed E-state index contributed by atoms with van der Waals surface area (Å²) in [7, 11) is 0. The predicted molar refractivity (Wildman–Crippen MR) is 95.7 cm³/mol. The summed E-state index contributed by atoms with van der Waals surface area (Å²) >= 11 is 0. The molecule has 2 nitrogen and oxygen atoms in total. The second kappa shape index (κ2) is 7.87. The Kier molecular flexibility index (Phi) is 5.37. The third-order valence-corrected chi connectivity index (χ3v) is 3.81. The Morgan fingerprint density at radius 3 is 2.35 bits per heavy atom. The molecule has 3 aromatic carbocycles. The van der Waals surface area contributed by atoms with E-state index in [0.717, 1.165) is 28.8 Å². The summed E-state index contributed by atoms with van der Waals surface area (Å²) < 4.78 is 38.1. The van der Waals surface area contributed by atoms with Gasteiger partial charge in [-0.25, -0.2) is 0 Å². The fourth-order valence-corrected chi connectivity index (χ4v) is 2.55. The third kappa shape index (κ3) is 4.51. The van der Waals surface area contributed by atoms with Crippen molar-refractivity contribution in [2.45, 2.75) is 12.8 Å². The van der Waals surface area contributed by atoms with Crippen molar-refractivity contribution in [2.75, 3.05) is 0 Å². The molecule has 5 heteroatoms. The average Bonchev–Trinajstić information content (AvgIpc) is 2.66. The van der Waals surface area contributed by atoms with Crippen LogP contribution < -0.4 is 0 Å². The molecule has 0 saturated heterocycles. The van der Waals surface area contributed by atoms with E-state index in [-0.39, 0.29) is 6.61 Å². The van der Waals surface area contributed by atoms with Crippen LogP contribution in [0.25, 0.3) is 11.1 Å². The van der Waals surface area contributed by atoms with Crippen LogP contribution in [0.3, 0.4) is 0 Å². The number of hydrogen-bond acceptors (Lipinski definition) is 2. The zero-order valence-corrected chi connectivity index (χ0v) is 13.8. The van der Waals surface area contributed by atoms with Gasteiger partial charge in [-0.15, -0.1) is 0 Å². The van der Waals surface area contributed by atoms with Crippen LogP contribution in [0, 0.1) is 0 Å². The molecular formula is C21H16F3NO. The molecule has 0 N–H and O–H groups in total. The molecule has 26 heavy (non-hydrogen) atoms. The van der Waals surface area contributed by atoms with Crippen LogP contribution in [0.2, 0.25) is 0 Å². The van der Waals surface area contributed by atoms with Crippen molar-refractivity contribution in [3.63, 3.8) is 0 Å². The first-order valence-corrected chi connectivity index (χ1v) is 8.00. The van der Waals surface area contributed by atoms with Crippen molar-refractivity contribution in [3.05, 3.63) is 95.6 Å². The van der Waals surface area contributed by atoms with E-state index < -0.39 is 11.7 Å². The van der Waals surface area contributed by atoms with Crippen LogP contribution in [0.1, 0.15) is 16.7 Å². The molecule has 0 aliphatic carbocycles. The Morgan fingerprint density at radius 1 is 0.846 bits per heavy atom. The lowest BCUT2D eigenvalue weighted by Crippen LogP contribution is -2.05. The molecule has 0 bridgehead atoms. The summed E-state index contributed by atoms with van der Waals surface area (Å²) in [6, 6.07) is 22.6. The predicted octanol–water partition coefficient (Wildman–Crippen LogP) is 5.92. The lowest BCUT2D eigenvalue weighted by molar-refractivity contribution is -0.137. The zero-order valence-electron chi connectivity index (χ0n) is 13.8. The summed E-state index contributed by atoms with van der Waals surface area (Å²) in [6.07, 6.45) is -3.10. The van der Waals surface area contributed by atoms with E-state index in [1.54, 1.807) is 6.07 Å². The molecule has 0 heterocycles. The van der Waals surface area contributed by atoms with E-state index in [2.05, 4.69) is 5.16 Å². The maximum absolute atomic E-state index is 12.7. The smallest absolute Gasteiger partial charge is 0.391 e. The van der Waals surface area contributed by atoms with E-state index in [1.165, 1.54) is 12.3 Å². The Hall–Kier alpha value is -3.08. The fourth-order valence-electron chi connectivity index (χ4n) is 2.55. The van der Waals surface area contributed by atoms with Gasteiger partial charge in [0.2, 0.25) is 0 Å². The minimum atomic E-state index is -4.38. The topological polar surface area (TPSA) is 21.6 Å². The van der Waals surface area contributed by atoms with Crippen LogP contribution in [0.5, 0.6) is 0 Å². The fraction of sp³-hybridized carbons (Fsp3) is 0.0952. The largest absolute Gasteiger partial charge is 0.416 e. The van der Waals surface area contributed by atoms with Gasteiger partial charge in [0.1, 0.15) is 6.61 Å². The normalized spacial score (nSPS) is 11.7. The third-order valence-electron chi connectivity index (χ3n) is 3.81. The van der Waals surface area contributed by atoms with Gasteiger partial charge in [0.15, 0.2) is 0 Å². The van der Waals surface area contributed by atoms with Crippen molar-refractivity contribution >= 4 is 6.21 Å².